The standard InChI is InChI=1S/C22H34ClNO3/c1-3-4-5-6-7-8-9-10-11-12-17-27-21(25)18-24(2)22(26)19-13-15-20(23)16-14-19/h13-16H,3-12,17-18H2,1-2H3. The predicted molar refractivity (Wildman–Crippen MR) is 111 cm³/mol. The topological polar surface area (TPSA) is 46.6 Å². The Bertz CT molecular complexity index is 545. The first-order valence-electron chi connectivity index (χ1n) is 10.2. The minimum absolute atomic E-state index is 0.0424. The van der Waals surface area contributed by atoms with E-state index in [0.717, 1.165) is 12.8 Å². The number of hydrogen-bond donors (Lipinski definition) is 0. The van der Waals surface area contributed by atoms with Crippen molar-refractivity contribution < 1.29 is 14.3 Å². The third-order valence-electron chi connectivity index (χ3n) is 4.57. The Labute approximate surface area is 169 Å². The number of halogens is 1. The highest BCUT2D eigenvalue weighted by Crippen LogP contribution is 2.12. The quantitative estimate of drug-likeness (QED) is 0.292. The molecule has 1 aromatic rings. The van der Waals surface area contributed by atoms with Gasteiger partial charge in [0.1, 0.15) is 6.54 Å². The number of unbranched alkanes of at least 4 members (excludes halogenated alkanes) is 9. The lowest BCUT2D eigenvalue weighted by Gasteiger charge is -2.16. The molecule has 5 heteroatoms. The molecule has 0 N–H and O–H groups in total. The first-order chi connectivity index (χ1) is 13.0. The van der Waals surface area contributed by atoms with E-state index in [1.54, 1.807) is 31.3 Å². The van der Waals surface area contributed by atoms with Gasteiger partial charge in [0.25, 0.3) is 5.91 Å². The van der Waals surface area contributed by atoms with Crippen molar-refractivity contribution in [3.05, 3.63) is 34.9 Å². The average Bonchev–Trinajstić information content (AvgIpc) is 2.66. The highest BCUT2D eigenvalue weighted by molar-refractivity contribution is 6.30. The molecule has 1 amide bonds. The van der Waals surface area contributed by atoms with Gasteiger partial charge in [0.05, 0.1) is 6.61 Å². The second kappa shape index (κ2) is 14.5. The molecule has 0 aromatic heterocycles. The van der Waals surface area contributed by atoms with Crippen LogP contribution in [0.25, 0.3) is 0 Å². The van der Waals surface area contributed by atoms with Crippen LogP contribution in [0.1, 0.15) is 81.5 Å². The fourth-order valence-corrected chi connectivity index (χ4v) is 3.03. The summed E-state index contributed by atoms with van der Waals surface area (Å²) in [6.07, 6.45) is 12.4. The van der Waals surface area contributed by atoms with Gasteiger partial charge >= 0.3 is 5.97 Å². The first-order valence-corrected chi connectivity index (χ1v) is 10.6. The fourth-order valence-electron chi connectivity index (χ4n) is 2.90. The van der Waals surface area contributed by atoms with Crippen LogP contribution in [-0.2, 0) is 9.53 Å². The van der Waals surface area contributed by atoms with Gasteiger partial charge in [0, 0.05) is 17.6 Å². The highest BCUT2D eigenvalue weighted by atomic mass is 35.5. The number of rotatable bonds is 14. The Balaban J connectivity index is 2.05. The minimum Gasteiger partial charge on any atom is -0.464 e. The zero-order valence-electron chi connectivity index (χ0n) is 16.8. The van der Waals surface area contributed by atoms with Gasteiger partial charge < -0.3 is 9.64 Å². The molecule has 1 rings (SSSR count). The summed E-state index contributed by atoms with van der Waals surface area (Å²) < 4.78 is 5.24. The van der Waals surface area contributed by atoms with Crippen molar-refractivity contribution in [2.24, 2.45) is 0 Å². The first kappa shape index (κ1) is 23.5. The van der Waals surface area contributed by atoms with Gasteiger partial charge in [0.15, 0.2) is 0 Å². The summed E-state index contributed by atoms with van der Waals surface area (Å²) in [5, 5.41) is 0.574. The summed E-state index contributed by atoms with van der Waals surface area (Å²) in [5.41, 5.74) is 0.504. The Kier molecular flexibility index (Phi) is 12.6. The lowest BCUT2D eigenvalue weighted by atomic mass is 10.1. The number of esters is 1. The lowest BCUT2D eigenvalue weighted by Crippen LogP contribution is -2.33. The second-order valence-electron chi connectivity index (χ2n) is 7.07. The van der Waals surface area contributed by atoms with Gasteiger partial charge in [-0.05, 0) is 30.7 Å². The molecule has 1 aromatic carbocycles. The Morgan fingerprint density at radius 3 is 1.96 bits per heavy atom. The third kappa shape index (κ3) is 11.0. The number of likely N-dealkylation sites (N-methyl/N-ethyl adjacent to an activating group) is 1. The smallest absolute Gasteiger partial charge is 0.325 e. The van der Waals surface area contributed by atoms with E-state index in [9.17, 15) is 9.59 Å². The SMILES string of the molecule is CCCCCCCCCCCCOC(=O)CN(C)C(=O)c1ccc(Cl)cc1. The monoisotopic (exact) mass is 395 g/mol. The highest BCUT2D eigenvalue weighted by Gasteiger charge is 2.15. The summed E-state index contributed by atoms with van der Waals surface area (Å²) in [5.74, 6) is -0.585. The maximum absolute atomic E-state index is 12.2. The number of carbonyl (C=O) groups excluding carboxylic acids is 2. The number of amides is 1. The zero-order valence-corrected chi connectivity index (χ0v) is 17.6. The molecule has 0 radical (unpaired) electrons. The molecule has 0 atom stereocenters. The van der Waals surface area contributed by atoms with Crippen molar-refractivity contribution in [1.82, 2.24) is 4.90 Å². The van der Waals surface area contributed by atoms with Crippen molar-refractivity contribution in [3.63, 3.8) is 0 Å². The van der Waals surface area contributed by atoms with Crippen LogP contribution in [0.4, 0.5) is 0 Å². The maximum Gasteiger partial charge on any atom is 0.325 e. The molecule has 0 fully saturated rings. The van der Waals surface area contributed by atoms with E-state index < -0.39 is 0 Å². The summed E-state index contributed by atoms with van der Waals surface area (Å²) in [6, 6.07) is 6.62. The van der Waals surface area contributed by atoms with Crippen molar-refractivity contribution in [2.45, 2.75) is 71.1 Å². The zero-order chi connectivity index (χ0) is 19.9. The van der Waals surface area contributed by atoms with E-state index in [0.29, 0.717) is 17.2 Å². The van der Waals surface area contributed by atoms with Crippen LogP contribution in [0.15, 0.2) is 24.3 Å². The largest absolute Gasteiger partial charge is 0.464 e. The Hall–Kier alpha value is -1.55. The van der Waals surface area contributed by atoms with Crippen LogP contribution in [-0.4, -0.2) is 37.0 Å². The van der Waals surface area contributed by atoms with E-state index >= 15 is 0 Å². The van der Waals surface area contributed by atoms with Crippen molar-refractivity contribution in [3.8, 4) is 0 Å². The van der Waals surface area contributed by atoms with Crippen LogP contribution in [0.3, 0.4) is 0 Å². The Morgan fingerprint density at radius 2 is 1.41 bits per heavy atom. The summed E-state index contributed by atoms with van der Waals surface area (Å²) in [7, 11) is 1.60. The van der Waals surface area contributed by atoms with Gasteiger partial charge in [0.2, 0.25) is 0 Å². The summed E-state index contributed by atoms with van der Waals surface area (Å²) >= 11 is 5.82. The molecule has 4 nitrogen and oxygen atoms in total. The molecule has 0 saturated carbocycles. The molecule has 0 aliphatic rings. The average molecular weight is 396 g/mol. The number of carbonyl (C=O) groups is 2. The van der Waals surface area contributed by atoms with E-state index in [2.05, 4.69) is 6.92 Å². The molecule has 0 heterocycles. The van der Waals surface area contributed by atoms with Crippen molar-refractivity contribution in [2.75, 3.05) is 20.2 Å². The van der Waals surface area contributed by atoms with E-state index in [1.165, 1.54) is 56.3 Å². The fraction of sp³-hybridized carbons (Fsp3) is 0.636. The van der Waals surface area contributed by atoms with Crippen LogP contribution in [0.5, 0.6) is 0 Å². The summed E-state index contributed by atoms with van der Waals surface area (Å²) in [4.78, 5) is 25.5. The normalized spacial score (nSPS) is 10.6. The maximum atomic E-state index is 12.2. The molecule has 0 aliphatic heterocycles. The van der Waals surface area contributed by atoms with Crippen LogP contribution in [0, 0.1) is 0 Å². The van der Waals surface area contributed by atoms with Crippen LogP contribution >= 0.6 is 11.6 Å². The summed E-state index contributed by atoms with van der Waals surface area (Å²) in [6.45, 7) is 2.62. The van der Waals surface area contributed by atoms with E-state index in [-0.39, 0.29) is 18.4 Å². The van der Waals surface area contributed by atoms with Crippen LogP contribution < -0.4 is 0 Å². The molecule has 0 spiro atoms. The third-order valence-corrected chi connectivity index (χ3v) is 4.82. The van der Waals surface area contributed by atoms with Gasteiger partial charge in [-0.15, -0.1) is 0 Å². The number of benzene rings is 1. The number of hydrogen-bond acceptors (Lipinski definition) is 3. The molecule has 152 valence electrons. The van der Waals surface area contributed by atoms with Gasteiger partial charge in [-0.1, -0.05) is 76.3 Å². The Morgan fingerprint density at radius 1 is 0.889 bits per heavy atom. The molecule has 0 saturated heterocycles. The molecule has 0 bridgehead atoms. The lowest BCUT2D eigenvalue weighted by molar-refractivity contribution is -0.144. The number of ether oxygens (including phenoxy) is 1. The predicted octanol–water partition coefficient (Wildman–Crippen LogP) is 5.88. The van der Waals surface area contributed by atoms with Crippen molar-refractivity contribution >= 4 is 23.5 Å². The molecule has 0 aliphatic carbocycles. The van der Waals surface area contributed by atoms with Crippen molar-refractivity contribution in [1.29, 1.82) is 0 Å². The second-order valence-corrected chi connectivity index (χ2v) is 7.51. The molecular weight excluding hydrogens is 362 g/mol. The molecule has 0 unspecified atom stereocenters. The molecular formula is C22H34ClNO3. The molecule has 27 heavy (non-hydrogen) atoms. The van der Waals surface area contributed by atoms with Crippen LogP contribution in [0.2, 0.25) is 5.02 Å². The number of nitrogens with zero attached hydrogens (tertiary/aromatic N) is 1. The minimum atomic E-state index is -0.365. The van der Waals surface area contributed by atoms with E-state index in [1.807, 2.05) is 0 Å². The van der Waals surface area contributed by atoms with Gasteiger partial charge in [-0.2, -0.15) is 0 Å². The van der Waals surface area contributed by atoms with E-state index in [4.69, 9.17) is 16.3 Å². The van der Waals surface area contributed by atoms with Gasteiger partial charge in [-0.3, -0.25) is 9.59 Å². The van der Waals surface area contributed by atoms with Gasteiger partial charge in [-0.25, -0.2) is 0 Å².